The maximum Gasteiger partial charge on any atom is 0.109 e. The molecule has 0 aromatic heterocycles. The minimum atomic E-state index is -0.118. The molecule has 1 saturated carbocycles. The molecule has 1 N–H and O–H groups in total. The number of likely N-dealkylation sites (tertiary alicyclic amines) is 1. The lowest BCUT2D eigenvalue weighted by molar-refractivity contribution is -0.916. The summed E-state index contributed by atoms with van der Waals surface area (Å²) in [5.41, 5.74) is 0. The molecule has 1 aliphatic carbocycles. The second kappa shape index (κ2) is 3.23. The molecule has 0 bridgehead atoms. The highest BCUT2D eigenvalue weighted by atomic mass is 16.6. The van der Waals surface area contributed by atoms with Gasteiger partial charge in [0.1, 0.15) is 6.04 Å². The van der Waals surface area contributed by atoms with E-state index < -0.39 is 0 Å². The molecule has 3 heteroatoms. The molecule has 76 valence electrons. The third-order valence-electron chi connectivity index (χ3n) is 4.04. The van der Waals surface area contributed by atoms with Gasteiger partial charge in [0.15, 0.2) is 0 Å². The average molecular weight is 185 g/mol. The van der Waals surface area contributed by atoms with Crippen LogP contribution in [0.1, 0.15) is 32.6 Å². The van der Waals surface area contributed by atoms with E-state index in [1.807, 2.05) is 6.92 Å². The first-order chi connectivity index (χ1) is 6.18. The van der Waals surface area contributed by atoms with Crippen molar-refractivity contribution in [1.82, 2.24) is 0 Å². The standard InChI is InChI=1S/C10H19NO2/c1-8(7-12)11(13)6-5-9-3-2-4-10(9)11/h8-10,12H,2-7H2,1H3/t8-,9-,10-,11+/m0/s1. The zero-order chi connectivity index (χ0) is 9.47. The van der Waals surface area contributed by atoms with Crippen LogP contribution in [0.2, 0.25) is 0 Å². The number of aliphatic hydroxyl groups excluding tert-OH is 1. The van der Waals surface area contributed by atoms with Gasteiger partial charge in [-0.2, -0.15) is 0 Å². The molecule has 0 amide bonds. The Bertz CT molecular complexity index is 197. The van der Waals surface area contributed by atoms with Crippen LogP contribution in [0.5, 0.6) is 0 Å². The Kier molecular flexibility index (Phi) is 2.34. The van der Waals surface area contributed by atoms with Crippen molar-refractivity contribution in [2.45, 2.75) is 44.7 Å². The predicted octanol–water partition coefficient (Wildman–Crippen LogP) is 1.25. The molecular weight excluding hydrogens is 166 g/mol. The van der Waals surface area contributed by atoms with Gasteiger partial charge < -0.3 is 15.0 Å². The lowest BCUT2D eigenvalue weighted by Gasteiger charge is -2.48. The van der Waals surface area contributed by atoms with Crippen molar-refractivity contribution in [2.75, 3.05) is 13.2 Å². The number of hydrogen-bond donors (Lipinski definition) is 1. The monoisotopic (exact) mass is 185 g/mol. The largest absolute Gasteiger partial charge is 0.632 e. The molecule has 4 atom stereocenters. The number of aliphatic hydroxyl groups is 1. The Morgan fingerprint density at radius 3 is 2.92 bits per heavy atom. The summed E-state index contributed by atoms with van der Waals surface area (Å²) in [5.74, 6) is 0.659. The van der Waals surface area contributed by atoms with E-state index in [4.69, 9.17) is 5.11 Å². The first-order valence-electron chi connectivity index (χ1n) is 5.38. The van der Waals surface area contributed by atoms with E-state index >= 15 is 0 Å². The molecule has 3 nitrogen and oxygen atoms in total. The Labute approximate surface area is 79.5 Å². The fourth-order valence-electron chi connectivity index (χ4n) is 3.15. The Morgan fingerprint density at radius 1 is 1.46 bits per heavy atom. The van der Waals surface area contributed by atoms with Crippen LogP contribution in [0, 0.1) is 11.1 Å². The number of hydroxylamine groups is 3. The lowest BCUT2D eigenvalue weighted by atomic mass is 10.0. The summed E-state index contributed by atoms with van der Waals surface area (Å²) < 4.78 is -0.110. The molecule has 13 heavy (non-hydrogen) atoms. The van der Waals surface area contributed by atoms with Gasteiger partial charge in [-0.05, 0) is 19.8 Å². The fourth-order valence-corrected chi connectivity index (χ4v) is 3.15. The van der Waals surface area contributed by atoms with Crippen molar-refractivity contribution in [3.63, 3.8) is 0 Å². The summed E-state index contributed by atoms with van der Waals surface area (Å²) in [4.78, 5) is 0. The second-order valence-electron chi connectivity index (χ2n) is 4.66. The van der Waals surface area contributed by atoms with Crippen molar-refractivity contribution < 1.29 is 9.75 Å². The van der Waals surface area contributed by atoms with Gasteiger partial charge in [0.25, 0.3) is 0 Å². The van der Waals surface area contributed by atoms with Gasteiger partial charge in [0.2, 0.25) is 0 Å². The van der Waals surface area contributed by atoms with Crippen molar-refractivity contribution >= 4 is 0 Å². The Morgan fingerprint density at radius 2 is 2.23 bits per heavy atom. The SMILES string of the molecule is C[C@@H](CO)[N@+]1([O-])CC[C@@H]2CCC[C@@H]21. The van der Waals surface area contributed by atoms with Crippen LogP contribution >= 0.6 is 0 Å². The normalized spacial score (nSPS) is 46.4. The second-order valence-corrected chi connectivity index (χ2v) is 4.66. The fraction of sp³-hybridized carbons (Fsp3) is 1.00. The molecule has 0 aromatic rings. The van der Waals surface area contributed by atoms with Gasteiger partial charge in [-0.15, -0.1) is 0 Å². The van der Waals surface area contributed by atoms with Crippen molar-refractivity contribution in [3.05, 3.63) is 5.21 Å². The van der Waals surface area contributed by atoms with Gasteiger partial charge in [0, 0.05) is 18.8 Å². The van der Waals surface area contributed by atoms with Gasteiger partial charge >= 0.3 is 0 Å². The summed E-state index contributed by atoms with van der Waals surface area (Å²) >= 11 is 0. The summed E-state index contributed by atoms with van der Waals surface area (Å²) in [5, 5.41) is 21.5. The van der Waals surface area contributed by atoms with E-state index in [1.54, 1.807) is 0 Å². The third kappa shape index (κ3) is 1.30. The van der Waals surface area contributed by atoms with Gasteiger partial charge in [-0.25, -0.2) is 0 Å². The number of hydrogen-bond acceptors (Lipinski definition) is 2. The number of rotatable bonds is 2. The maximum atomic E-state index is 12.4. The summed E-state index contributed by atoms with van der Waals surface area (Å²) in [7, 11) is 0. The van der Waals surface area contributed by atoms with Crippen LogP contribution < -0.4 is 0 Å². The minimum absolute atomic E-state index is 0.0344. The molecular formula is C10H19NO2. The highest BCUT2D eigenvalue weighted by Gasteiger charge is 2.47. The number of nitrogens with zero attached hydrogens (tertiary/aromatic N) is 1. The molecule has 1 heterocycles. The van der Waals surface area contributed by atoms with Crippen molar-refractivity contribution in [2.24, 2.45) is 5.92 Å². The zero-order valence-corrected chi connectivity index (χ0v) is 8.28. The highest BCUT2D eigenvalue weighted by molar-refractivity contribution is 4.85. The van der Waals surface area contributed by atoms with Crippen molar-refractivity contribution in [1.29, 1.82) is 0 Å². The predicted molar refractivity (Wildman–Crippen MR) is 50.8 cm³/mol. The first kappa shape index (κ1) is 9.44. The smallest absolute Gasteiger partial charge is 0.109 e. The van der Waals surface area contributed by atoms with Gasteiger partial charge in [0.05, 0.1) is 19.2 Å². The quantitative estimate of drug-likeness (QED) is 0.520. The zero-order valence-electron chi connectivity index (χ0n) is 8.28. The molecule has 2 rings (SSSR count). The summed E-state index contributed by atoms with van der Waals surface area (Å²) in [6, 6.07) is 0.190. The molecule has 1 saturated heterocycles. The summed E-state index contributed by atoms with van der Waals surface area (Å²) in [6.45, 7) is 2.65. The van der Waals surface area contributed by atoms with Crippen LogP contribution in [-0.2, 0) is 0 Å². The molecule has 1 aliphatic heterocycles. The highest BCUT2D eigenvalue weighted by Crippen LogP contribution is 2.43. The Balaban J connectivity index is 2.14. The van der Waals surface area contributed by atoms with Gasteiger partial charge in [-0.3, -0.25) is 0 Å². The minimum Gasteiger partial charge on any atom is -0.632 e. The van der Waals surface area contributed by atoms with Crippen molar-refractivity contribution in [3.8, 4) is 0 Å². The first-order valence-corrected chi connectivity index (χ1v) is 5.38. The third-order valence-corrected chi connectivity index (χ3v) is 4.04. The lowest BCUT2D eigenvalue weighted by Crippen LogP contribution is -2.54. The van der Waals surface area contributed by atoms with Crippen LogP contribution in [0.3, 0.4) is 0 Å². The van der Waals surface area contributed by atoms with E-state index in [2.05, 4.69) is 0 Å². The molecule has 2 aliphatic rings. The Hall–Kier alpha value is -0.120. The topological polar surface area (TPSA) is 43.3 Å². The van der Waals surface area contributed by atoms with Crippen LogP contribution in [0.4, 0.5) is 0 Å². The summed E-state index contributed by atoms with van der Waals surface area (Å²) in [6.07, 6.45) is 4.62. The average Bonchev–Trinajstić information content (AvgIpc) is 2.69. The van der Waals surface area contributed by atoms with E-state index in [0.717, 1.165) is 19.4 Å². The van der Waals surface area contributed by atoms with E-state index in [9.17, 15) is 5.21 Å². The number of fused-ring (bicyclic) bond motifs is 1. The molecule has 0 unspecified atom stereocenters. The van der Waals surface area contributed by atoms with E-state index in [1.165, 1.54) is 12.8 Å². The number of quaternary nitrogens is 1. The molecule has 0 radical (unpaired) electrons. The van der Waals surface area contributed by atoms with Crippen LogP contribution in [0.25, 0.3) is 0 Å². The van der Waals surface area contributed by atoms with Crippen LogP contribution in [-0.4, -0.2) is 35.0 Å². The molecule has 2 fully saturated rings. The maximum absolute atomic E-state index is 12.4. The van der Waals surface area contributed by atoms with Gasteiger partial charge in [-0.1, -0.05) is 0 Å². The van der Waals surface area contributed by atoms with Crippen LogP contribution in [0.15, 0.2) is 0 Å². The molecule has 0 aromatic carbocycles. The molecule has 0 spiro atoms. The van der Waals surface area contributed by atoms with E-state index in [-0.39, 0.29) is 17.3 Å². The van der Waals surface area contributed by atoms with E-state index in [0.29, 0.717) is 12.0 Å².